The van der Waals surface area contributed by atoms with Gasteiger partial charge in [-0.05, 0) is 38.8 Å². The smallest absolute Gasteiger partial charge is 0.217 e. The first-order valence-electron chi connectivity index (χ1n) is 10.3. The largest absolute Gasteiger partial charge is 0.366 e. The van der Waals surface area contributed by atoms with Crippen LogP contribution in [-0.4, -0.2) is 53.9 Å². The molecule has 1 aliphatic carbocycles. The van der Waals surface area contributed by atoms with Crippen LogP contribution >= 0.6 is 0 Å². The van der Waals surface area contributed by atoms with Crippen molar-refractivity contribution in [1.29, 1.82) is 0 Å². The molecular weight excluding hydrogens is 372 g/mol. The first-order valence-corrected chi connectivity index (χ1v) is 11.8. The van der Waals surface area contributed by atoms with Gasteiger partial charge in [0.1, 0.15) is 0 Å². The van der Waals surface area contributed by atoms with Gasteiger partial charge in [-0.3, -0.25) is 0 Å². The van der Waals surface area contributed by atoms with E-state index < -0.39 is 10.0 Å². The number of aryl methyl sites for hydroxylation is 1. The maximum absolute atomic E-state index is 13.0. The molecule has 4 rings (SSSR count). The van der Waals surface area contributed by atoms with Crippen molar-refractivity contribution in [3.8, 4) is 5.69 Å². The molecule has 2 aliphatic rings. The number of piperazine rings is 1. The van der Waals surface area contributed by atoms with E-state index in [2.05, 4.69) is 24.0 Å². The maximum Gasteiger partial charge on any atom is 0.217 e. The van der Waals surface area contributed by atoms with Crippen LogP contribution in [0.25, 0.3) is 5.69 Å². The van der Waals surface area contributed by atoms with E-state index in [1.165, 1.54) is 6.42 Å². The maximum atomic E-state index is 13.0. The summed E-state index contributed by atoms with van der Waals surface area (Å²) in [5.74, 6) is 0. The second kappa shape index (κ2) is 7.87. The van der Waals surface area contributed by atoms with Crippen LogP contribution in [0.1, 0.15) is 43.5 Å². The summed E-state index contributed by atoms with van der Waals surface area (Å²) in [7, 11) is -3.16. The summed E-state index contributed by atoms with van der Waals surface area (Å²) in [6, 6.07) is 10.1. The number of rotatable bonds is 4. The molecule has 28 heavy (non-hydrogen) atoms. The van der Waals surface area contributed by atoms with E-state index in [0.29, 0.717) is 26.2 Å². The monoisotopic (exact) mass is 402 g/mol. The summed E-state index contributed by atoms with van der Waals surface area (Å²) < 4.78 is 29.7. The lowest BCUT2D eigenvalue weighted by molar-refractivity contribution is 0.367. The van der Waals surface area contributed by atoms with E-state index in [4.69, 9.17) is 5.10 Å². The Hall–Kier alpha value is -1.86. The van der Waals surface area contributed by atoms with Crippen LogP contribution in [0.15, 0.2) is 30.3 Å². The van der Waals surface area contributed by atoms with Crippen molar-refractivity contribution in [2.45, 2.75) is 51.2 Å². The van der Waals surface area contributed by atoms with E-state index in [-0.39, 0.29) is 5.25 Å². The quantitative estimate of drug-likeness (QED) is 0.788. The zero-order valence-corrected chi connectivity index (χ0v) is 17.7. The lowest BCUT2D eigenvalue weighted by Gasteiger charge is -2.37. The molecule has 2 fully saturated rings. The molecule has 0 amide bonds. The highest BCUT2D eigenvalue weighted by atomic mass is 32.2. The molecule has 7 heteroatoms. The van der Waals surface area contributed by atoms with Crippen molar-refractivity contribution < 1.29 is 8.42 Å². The summed E-state index contributed by atoms with van der Waals surface area (Å²) in [5.41, 5.74) is 4.28. The summed E-state index contributed by atoms with van der Waals surface area (Å²) in [6.45, 7) is 6.69. The van der Waals surface area contributed by atoms with Crippen LogP contribution in [0.2, 0.25) is 0 Å². The Labute approximate surface area is 168 Å². The molecule has 2 heterocycles. The van der Waals surface area contributed by atoms with Gasteiger partial charge in [-0.25, -0.2) is 13.1 Å². The third-order valence-electron chi connectivity index (χ3n) is 6.14. The second-order valence-electron chi connectivity index (χ2n) is 7.96. The third-order valence-corrected chi connectivity index (χ3v) is 8.54. The van der Waals surface area contributed by atoms with Crippen LogP contribution < -0.4 is 4.90 Å². The minimum absolute atomic E-state index is 0.169. The van der Waals surface area contributed by atoms with Gasteiger partial charge in [0.15, 0.2) is 0 Å². The molecular formula is C21H30N4O2S. The molecule has 1 saturated heterocycles. The molecule has 1 aromatic carbocycles. The van der Waals surface area contributed by atoms with Gasteiger partial charge < -0.3 is 4.90 Å². The summed E-state index contributed by atoms with van der Waals surface area (Å²) in [5, 5.41) is 4.57. The fourth-order valence-electron chi connectivity index (χ4n) is 4.65. The third kappa shape index (κ3) is 3.57. The number of nitrogens with zero attached hydrogens (tertiary/aromatic N) is 4. The van der Waals surface area contributed by atoms with Gasteiger partial charge in [0.05, 0.1) is 28.0 Å². The SMILES string of the molecule is Cc1nn(-c2ccccc2)c(C)c1N1CCN(S(=O)(=O)C2CCCCC2)CC1. The van der Waals surface area contributed by atoms with Crippen molar-refractivity contribution in [2.75, 3.05) is 31.1 Å². The Kier molecular flexibility index (Phi) is 5.47. The van der Waals surface area contributed by atoms with Gasteiger partial charge in [0.25, 0.3) is 0 Å². The van der Waals surface area contributed by atoms with Gasteiger partial charge in [-0.1, -0.05) is 37.5 Å². The zero-order chi connectivity index (χ0) is 19.7. The molecule has 6 nitrogen and oxygen atoms in total. The number of benzene rings is 1. The van der Waals surface area contributed by atoms with Crippen LogP contribution in [0.5, 0.6) is 0 Å². The van der Waals surface area contributed by atoms with Crippen LogP contribution in [-0.2, 0) is 10.0 Å². The highest BCUT2D eigenvalue weighted by molar-refractivity contribution is 7.89. The van der Waals surface area contributed by atoms with E-state index in [1.54, 1.807) is 4.31 Å². The molecule has 0 unspecified atom stereocenters. The van der Waals surface area contributed by atoms with Gasteiger partial charge in [-0.2, -0.15) is 9.40 Å². The van der Waals surface area contributed by atoms with E-state index in [1.807, 2.05) is 29.8 Å². The fourth-order valence-corrected chi connectivity index (χ4v) is 6.68. The number of para-hydroxylation sites is 1. The first kappa shape index (κ1) is 19.5. The van der Waals surface area contributed by atoms with E-state index in [9.17, 15) is 8.42 Å². The molecule has 0 N–H and O–H groups in total. The topological polar surface area (TPSA) is 58.4 Å². The minimum Gasteiger partial charge on any atom is -0.366 e. The standard InChI is InChI=1S/C21H30N4O2S/c1-17-21(18(2)25(22-17)19-9-5-3-6-10-19)23-13-15-24(16-14-23)28(26,27)20-11-7-4-8-12-20/h3,5-6,9-10,20H,4,7-8,11-16H2,1-2H3. The Morgan fingerprint density at radius 3 is 2.21 bits per heavy atom. The predicted molar refractivity (Wildman–Crippen MR) is 113 cm³/mol. The van der Waals surface area contributed by atoms with Crippen molar-refractivity contribution in [1.82, 2.24) is 14.1 Å². The van der Waals surface area contributed by atoms with Crippen LogP contribution in [0.3, 0.4) is 0 Å². The fraction of sp³-hybridized carbons (Fsp3) is 0.571. The molecule has 152 valence electrons. The number of hydrogen-bond acceptors (Lipinski definition) is 4. The predicted octanol–water partition coefficient (Wildman–Crippen LogP) is 3.27. The summed E-state index contributed by atoms with van der Waals surface area (Å²) in [4.78, 5) is 2.30. The average molecular weight is 403 g/mol. The Morgan fingerprint density at radius 1 is 0.929 bits per heavy atom. The highest BCUT2D eigenvalue weighted by Gasteiger charge is 2.35. The molecule has 1 aliphatic heterocycles. The van der Waals surface area contributed by atoms with Gasteiger partial charge in [0, 0.05) is 26.2 Å². The van der Waals surface area contributed by atoms with Crippen molar-refractivity contribution in [2.24, 2.45) is 0 Å². The lowest BCUT2D eigenvalue weighted by Crippen LogP contribution is -2.51. The Balaban J connectivity index is 1.49. The van der Waals surface area contributed by atoms with Crippen molar-refractivity contribution in [3.63, 3.8) is 0 Å². The molecule has 1 saturated carbocycles. The van der Waals surface area contributed by atoms with Gasteiger partial charge >= 0.3 is 0 Å². The number of anilines is 1. The van der Waals surface area contributed by atoms with Crippen molar-refractivity contribution >= 4 is 15.7 Å². The Morgan fingerprint density at radius 2 is 1.57 bits per heavy atom. The Bertz CT molecular complexity index is 909. The molecule has 0 atom stereocenters. The number of hydrogen-bond donors (Lipinski definition) is 0. The number of aromatic nitrogens is 2. The summed E-state index contributed by atoms with van der Waals surface area (Å²) in [6.07, 6.45) is 4.90. The van der Waals surface area contributed by atoms with E-state index >= 15 is 0 Å². The molecule has 0 radical (unpaired) electrons. The average Bonchev–Trinajstić information content (AvgIpc) is 3.03. The second-order valence-corrected chi connectivity index (χ2v) is 10.2. The minimum atomic E-state index is -3.16. The zero-order valence-electron chi connectivity index (χ0n) is 16.8. The van der Waals surface area contributed by atoms with Gasteiger partial charge in [-0.15, -0.1) is 0 Å². The van der Waals surface area contributed by atoms with E-state index in [0.717, 1.165) is 48.4 Å². The first-order chi connectivity index (χ1) is 13.5. The highest BCUT2D eigenvalue weighted by Crippen LogP contribution is 2.30. The number of sulfonamides is 1. The molecule has 0 bridgehead atoms. The molecule has 1 aromatic heterocycles. The lowest BCUT2D eigenvalue weighted by atomic mass is 10.0. The molecule has 0 spiro atoms. The normalized spacial score (nSPS) is 19.9. The van der Waals surface area contributed by atoms with Crippen LogP contribution in [0.4, 0.5) is 5.69 Å². The van der Waals surface area contributed by atoms with Crippen LogP contribution in [0, 0.1) is 13.8 Å². The van der Waals surface area contributed by atoms with Gasteiger partial charge in [0.2, 0.25) is 10.0 Å². The summed E-state index contributed by atoms with van der Waals surface area (Å²) >= 11 is 0. The van der Waals surface area contributed by atoms with Crippen molar-refractivity contribution in [3.05, 3.63) is 41.7 Å². The molecule has 2 aromatic rings.